The van der Waals surface area contributed by atoms with Gasteiger partial charge in [-0.05, 0) is 6.92 Å². The summed E-state index contributed by atoms with van der Waals surface area (Å²) in [5.74, 6) is 0.916. The van der Waals surface area contributed by atoms with Gasteiger partial charge in [-0.15, -0.1) is 0 Å². The van der Waals surface area contributed by atoms with Crippen LogP contribution in [0.3, 0.4) is 0 Å². The molecular weight excluding hydrogens is 222 g/mol. The van der Waals surface area contributed by atoms with Crippen molar-refractivity contribution in [3.8, 4) is 17.0 Å². The predicted octanol–water partition coefficient (Wildman–Crippen LogP) is 3.53. The van der Waals surface area contributed by atoms with Gasteiger partial charge in [0, 0.05) is 22.4 Å². The highest BCUT2D eigenvalue weighted by Crippen LogP contribution is 2.22. The van der Waals surface area contributed by atoms with E-state index in [1.54, 1.807) is 4.74 Å². The van der Waals surface area contributed by atoms with Crippen LogP contribution < -0.4 is 4.74 Å². The van der Waals surface area contributed by atoms with Gasteiger partial charge in [-0.2, -0.15) is 0 Å². The topological polar surface area (TPSA) is 17.0 Å². The summed E-state index contributed by atoms with van der Waals surface area (Å²) in [6.45, 7) is 2.06. The SMILES string of the molecule is Cc1c[n+](-c2ccccc2)oc1-c1ccccc1. The minimum Gasteiger partial charge on any atom is -0.230 e. The number of aromatic nitrogens is 1. The molecule has 0 fully saturated rings. The molecule has 2 aromatic carbocycles. The zero-order chi connectivity index (χ0) is 12.4. The fourth-order valence-electron chi connectivity index (χ4n) is 2.00. The van der Waals surface area contributed by atoms with E-state index < -0.39 is 0 Å². The lowest BCUT2D eigenvalue weighted by Gasteiger charge is -1.92. The molecule has 0 saturated heterocycles. The smallest absolute Gasteiger partial charge is 0.230 e. The molecule has 0 saturated carbocycles. The zero-order valence-corrected chi connectivity index (χ0v) is 10.2. The van der Waals surface area contributed by atoms with E-state index in [0.29, 0.717) is 0 Å². The average molecular weight is 236 g/mol. The Balaban J connectivity index is 2.07. The van der Waals surface area contributed by atoms with E-state index >= 15 is 0 Å². The van der Waals surface area contributed by atoms with Crippen molar-refractivity contribution in [3.05, 3.63) is 72.4 Å². The van der Waals surface area contributed by atoms with Gasteiger partial charge in [0.1, 0.15) is 0 Å². The summed E-state index contributed by atoms with van der Waals surface area (Å²) >= 11 is 0. The Hall–Kier alpha value is -2.35. The molecule has 0 aliphatic rings. The van der Waals surface area contributed by atoms with Crippen LogP contribution in [0.2, 0.25) is 0 Å². The van der Waals surface area contributed by atoms with Crippen LogP contribution in [-0.2, 0) is 0 Å². The lowest BCUT2D eigenvalue weighted by Crippen LogP contribution is -2.26. The molecule has 0 amide bonds. The third-order valence-electron chi connectivity index (χ3n) is 2.91. The molecular formula is C16H14NO+. The monoisotopic (exact) mass is 236 g/mol. The average Bonchev–Trinajstić information content (AvgIpc) is 2.83. The first-order valence-corrected chi connectivity index (χ1v) is 5.98. The van der Waals surface area contributed by atoms with Crippen molar-refractivity contribution >= 4 is 0 Å². The van der Waals surface area contributed by atoms with Crippen LogP contribution in [0.5, 0.6) is 0 Å². The zero-order valence-electron chi connectivity index (χ0n) is 10.2. The summed E-state index contributed by atoms with van der Waals surface area (Å²) in [7, 11) is 0. The lowest BCUT2D eigenvalue weighted by molar-refractivity contribution is -0.782. The fraction of sp³-hybridized carbons (Fsp3) is 0.0625. The molecule has 0 atom stereocenters. The van der Waals surface area contributed by atoms with E-state index in [2.05, 4.69) is 19.1 Å². The van der Waals surface area contributed by atoms with Crippen molar-refractivity contribution in [2.45, 2.75) is 6.92 Å². The van der Waals surface area contributed by atoms with Crippen LogP contribution in [0.4, 0.5) is 0 Å². The van der Waals surface area contributed by atoms with E-state index in [4.69, 9.17) is 4.52 Å². The summed E-state index contributed by atoms with van der Waals surface area (Å²) in [4.78, 5) is 0. The minimum atomic E-state index is 0.916. The van der Waals surface area contributed by atoms with Crippen LogP contribution in [0.25, 0.3) is 17.0 Å². The van der Waals surface area contributed by atoms with Gasteiger partial charge in [0.25, 0.3) is 5.69 Å². The van der Waals surface area contributed by atoms with Crippen LogP contribution in [-0.4, -0.2) is 0 Å². The Morgan fingerprint density at radius 1 is 0.833 bits per heavy atom. The predicted molar refractivity (Wildman–Crippen MR) is 70.4 cm³/mol. The highest BCUT2D eigenvalue weighted by atomic mass is 16.5. The van der Waals surface area contributed by atoms with Crippen molar-refractivity contribution in [3.63, 3.8) is 0 Å². The third kappa shape index (κ3) is 1.93. The minimum absolute atomic E-state index is 0.916. The van der Waals surface area contributed by atoms with Gasteiger partial charge in [-0.25, -0.2) is 4.52 Å². The van der Waals surface area contributed by atoms with Crippen molar-refractivity contribution in [2.24, 2.45) is 0 Å². The first kappa shape index (κ1) is 10.8. The molecule has 88 valence electrons. The maximum absolute atomic E-state index is 5.90. The molecule has 0 radical (unpaired) electrons. The quantitative estimate of drug-likeness (QED) is 0.622. The Bertz CT molecular complexity index is 641. The Labute approximate surface area is 106 Å². The van der Waals surface area contributed by atoms with Gasteiger partial charge in [0.05, 0.1) is 5.56 Å². The van der Waals surface area contributed by atoms with Gasteiger partial charge >= 0.3 is 0 Å². The van der Waals surface area contributed by atoms with Crippen molar-refractivity contribution < 1.29 is 9.26 Å². The van der Waals surface area contributed by atoms with Gasteiger partial charge in [0.2, 0.25) is 12.0 Å². The van der Waals surface area contributed by atoms with Crippen LogP contribution in [0, 0.1) is 6.92 Å². The Morgan fingerprint density at radius 2 is 1.44 bits per heavy atom. The number of hydrogen-bond acceptors (Lipinski definition) is 1. The second-order valence-corrected chi connectivity index (χ2v) is 4.26. The van der Waals surface area contributed by atoms with Gasteiger partial charge < -0.3 is 0 Å². The van der Waals surface area contributed by atoms with E-state index in [9.17, 15) is 0 Å². The summed E-state index contributed by atoms with van der Waals surface area (Å²) in [6.07, 6.45) is 2.01. The molecule has 0 N–H and O–H groups in total. The van der Waals surface area contributed by atoms with Crippen molar-refractivity contribution in [1.29, 1.82) is 0 Å². The Morgan fingerprint density at radius 3 is 2.11 bits per heavy atom. The van der Waals surface area contributed by atoms with Crippen LogP contribution in [0.15, 0.2) is 71.4 Å². The van der Waals surface area contributed by atoms with E-state index in [1.807, 2.05) is 54.7 Å². The lowest BCUT2D eigenvalue weighted by atomic mass is 10.1. The number of nitrogens with zero attached hydrogens (tertiary/aromatic N) is 1. The fourth-order valence-corrected chi connectivity index (χ4v) is 2.00. The molecule has 3 rings (SSSR count). The van der Waals surface area contributed by atoms with E-state index in [0.717, 1.165) is 22.6 Å². The highest BCUT2D eigenvalue weighted by Gasteiger charge is 2.18. The van der Waals surface area contributed by atoms with Gasteiger partial charge in [0.15, 0.2) is 0 Å². The van der Waals surface area contributed by atoms with E-state index in [1.165, 1.54) is 0 Å². The number of rotatable bonds is 2. The van der Waals surface area contributed by atoms with E-state index in [-0.39, 0.29) is 0 Å². The molecule has 0 aliphatic carbocycles. The van der Waals surface area contributed by atoms with Crippen LogP contribution in [0.1, 0.15) is 5.56 Å². The molecule has 0 aliphatic heterocycles. The molecule has 0 unspecified atom stereocenters. The molecule has 3 aromatic rings. The summed E-state index contributed by atoms with van der Waals surface area (Å²) < 4.78 is 7.71. The number of benzene rings is 2. The molecule has 1 aromatic heterocycles. The maximum Gasteiger partial charge on any atom is 0.258 e. The summed E-state index contributed by atoms with van der Waals surface area (Å²) in [6, 6.07) is 20.2. The molecule has 18 heavy (non-hydrogen) atoms. The Kier molecular flexibility index (Phi) is 2.69. The summed E-state index contributed by atoms with van der Waals surface area (Å²) in [5.41, 5.74) is 3.26. The van der Waals surface area contributed by atoms with Gasteiger partial charge in [-0.1, -0.05) is 48.5 Å². The second-order valence-electron chi connectivity index (χ2n) is 4.26. The number of para-hydroxylation sites is 1. The first-order chi connectivity index (χ1) is 8.84. The number of aryl methyl sites for hydroxylation is 1. The van der Waals surface area contributed by atoms with Crippen LogP contribution >= 0.6 is 0 Å². The van der Waals surface area contributed by atoms with Crippen molar-refractivity contribution in [1.82, 2.24) is 0 Å². The highest BCUT2D eigenvalue weighted by molar-refractivity contribution is 5.59. The standard InChI is InChI=1S/C16H14NO/c1-13-12-17(15-10-6-3-7-11-15)18-16(13)14-8-4-2-5-9-14/h2-12H,1H3/q+1. The second kappa shape index (κ2) is 4.49. The molecule has 0 bridgehead atoms. The molecule has 2 nitrogen and oxygen atoms in total. The first-order valence-electron chi connectivity index (χ1n) is 5.98. The van der Waals surface area contributed by atoms with Crippen molar-refractivity contribution in [2.75, 3.05) is 0 Å². The molecule has 1 heterocycles. The third-order valence-corrected chi connectivity index (χ3v) is 2.91. The molecule has 0 spiro atoms. The van der Waals surface area contributed by atoms with Gasteiger partial charge in [-0.3, -0.25) is 0 Å². The summed E-state index contributed by atoms with van der Waals surface area (Å²) in [5, 5.41) is 0. The molecule has 2 heteroatoms. The normalized spacial score (nSPS) is 10.5. The largest absolute Gasteiger partial charge is 0.258 e. The number of hydrogen-bond donors (Lipinski definition) is 0. The maximum atomic E-state index is 5.90.